The summed E-state index contributed by atoms with van der Waals surface area (Å²) in [6.45, 7) is 7.30. The molecule has 0 radical (unpaired) electrons. The predicted octanol–water partition coefficient (Wildman–Crippen LogP) is 2.40. The third-order valence-electron chi connectivity index (χ3n) is 3.96. The number of nitrogens with zero attached hydrogens (tertiary/aromatic N) is 1. The Labute approximate surface area is 130 Å². The number of benzene rings is 1. The molecule has 0 atom stereocenters. The van der Waals surface area contributed by atoms with Crippen molar-refractivity contribution in [2.75, 3.05) is 18.2 Å². The molecular formula is C16H23N3O3. The highest BCUT2D eigenvalue weighted by atomic mass is 16.5. The van der Waals surface area contributed by atoms with Gasteiger partial charge in [0.2, 0.25) is 0 Å². The molecule has 1 aromatic rings. The van der Waals surface area contributed by atoms with Gasteiger partial charge in [0.15, 0.2) is 0 Å². The monoisotopic (exact) mass is 305 g/mol. The van der Waals surface area contributed by atoms with E-state index in [0.717, 1.165) is 0 Å². The minimum absolute atomic E-state index is 0.265. The zero-order valence-corrected chi connectivity index (χ0v) is 13.6. The van der Waals surface area contributed by atoms with Crippen molar-refractivity contribution in [2.45, 2.75) is 38.8 Å². The van der Waals surface area contributed by atoms with Crippen LogP contribution in [0.4, 0.5) is 11.4 Å². The lowest BCUT2D eigenvalue weighted by Gasteiger charge is -2.35. The average molecular weight is 305 g/mol. The summed E-state index contributed by atoms with van der Waals surface area (Å²) in [4.78, 5) is 12.5. The van der Waals surface area contributed by atoms with Gasteiger partial charge in [0.05, 0.1) is 23.9 Å². The maximum atomic E-state index is 12.5. The molecular weight excluding hydrogens is 282 g/mol. The Balaban J connectivity index is 2.25. The second kappa shape index (κ2) is 5.30. The molecule has 1 amide bonds. The first-order chi connectivity index (χ1) is 10.1. The van der Waals surface area contributed by atoms with E-state index in [1.807, 2.05) is 13.8 Å². The van der Waals surface area contributed by atoms with Crippen molar-refractivity contribution in [2.24, 2.45) is 0 Å². The van der Waals surface area contributed by atoms with E-state index in [0.29, 0.717) is 22.7 Å². The summed E-state index contributed by atoms with van der Waals surface area (Å²) >= 11 is 0. The van der Waals surface area contributed by atoms with Crippen molar-refractivity contribution < 1.29 is 14.7 Å². The van der Waals surface area contributed by atoms with E-state index >= 15 is 0 Å². The minimum atomic E-state index is -0.772. The number of hydrogen-bond acceptors (Lipinski definition) is 5. The fraction of sp³-hybridized carbons (Fsp3) is 0.438. The van der Waals surface area contributed by atoms with Gasteiger partial charge in [0, 0.05) is 11.3 Å². The third-order valence-corrected chi connectivity index (χ3v) is 3.96. The second-order valence-electron chi connectivity index (χ2n) is 6.49. The maximum absolute atomic E-state index is 12.5. The van der Waals surface area contributed by atoms with Crippen LogP contribution in [-0.2, 0) is 4.79 Å². The number of nitrogens with two attached hydrogens (primary N) is 1. The number of rotatable bonds is 3. The Hall–Kier alpha value is -2.05. The topological polar surface area (TPSA) is 87.8 Å². The molecule has 1 heterocycles. The largest absolute Gasteiger partial charge is 0.495 e. The van der Waals surface area contributed by atoms with Gasteiger partial charge in [-0.25, -0.2) is 0 Å². The van der Waals surface area contributed by atoms with E-state index < -0.39 is 11.1 Å². The molecule has 1 aromatic carbocycles. The number of nitrogen functional groups attached to an aromatic ring is 1. The summed E-state index contributed by atoms with van der Waals surface area (Å²) in [5.74, 6) is 0.292. The maximum Gasteiger partial charge on any atom is 0.253 e. The fourth-order valence-electron chi connectivity index (χ4n) is 2.78. The molecule has 1 aliphatic heterocycles. The number of amides is 1. The van der Waals surface area contributed by atoms with Gasteiger partial charge in [-0.1, -0.05) is 6.08 Å². The lowest BCUT2D eigenvalue weighted by Crippen LogP contribution is -2.49. The quantitative estimate of drug-likeness (QED) is 0.746. The first-order valence-corrected chi connectivity index (χ1v) is 7.07. The van der Waals surface area contributed by atoms with Gasteiger partial charge in [0.25, 0.3) is 5.91 Å². The molecule has 0 saturated heterocycles. The average Bonchev–Trinajstić information content (AvgIpc) is 2.59. The smallest absolute Gasteiger partial charge is 0.253 e. The molecule has 0 fully saturated rings. The van der Waals surface area contributed by atoms with E-state index in [-0.39, 0.29) is 5.91 Å². The van der Waals surface area contributed by atoms with Crippen LogP contribution in [0.2, 0.25) is 0 Å². The molecule has 6 nitrogen and oxygen atoms in total. The molecule has 2 rings (SSSR count). The SMILES string of the molecule is COc1ccc(NC(=O)C2=CC(C)(C)N(O)C2(C)C)cc1N. The number of anilines is 2. The molecule has 0 aliphatic carbocycles. The molecule has 0 spiro atoms. The zero-order valence-electron chi connectivity index (χ0n) is 13.6. The second-order valence-corrected chi connectivity index (χ2v) is 6.49. The van der Waals surface area contributed by atoms with Gasteiger partial charge in [0.1, 0.15) is 5.75 Å². The van der Waals surface area contributed by atoms with Crippen molar-refractivity contribution in [1.82, 2.24) is 5.06 Å². The van der Waals surface area contributed by atoms with Gasteiger partial charge in [-0.05, 0) is 45.9 Å². The highest BCUT2D eigenvalue weighted by molar-refractivity contribution is 6.06. The Kier molecular flexibility index (Phi) is 3.93. The normalized spacial score (nSPS) is 19.6. The molecule has 0 saturated carbocycles. The molecule has 0 aromatic heterocycles. The highest BCUT2D eigenvalue weighted by Gasteiger charge is 2.47. The lowest BCUT2D eigenvalue weighted by molar-refractivity contribution is -0.185. The van der Waals surface area contributed by atoms with Crippen LogP contribution in [0, 0.1) is 0 Å². The summed E-state index contributed by atoms with van der Waals surface area (Å²) in [6.07, 6.45) is 1.77. The molecule has 6 heteroatoms. The fourth-order valence-corrected chi connectivity index (χ4v) is 2.78. The number of hydrogen-bond donors (Lipinski definition) is 3. The standard InChI is InChI=1S/C16H23N3O3/c1-15(2)9-11(16(3,4)19(15)21)14(20)18-10-6-7-13(22-5)12(17)8-10/h6-9,21H,17H2,1-5H3,(H,18,20). The van der Waals surface area contributed by atoms with Crippen LogP contribution < -0.4 is 15.8 Å². The summed E-state index contributed by atoms with van der Waals surface area (Å²) < 4.78 is 5.09. The molecule has 1 aliphatic rings. The van der Waals surface area contributed by atoms with Crippen molar-refractivity contribution >= 4 is 17.3 Å². The van der Waals surface area contributed by atoms with E-state index in [4.69, 9.17) is 10.5 Å². The van der Waals surface area contributed by atoms with Gasteiger partial charge in [-0.3, -0.25) is 4.79 Å². The number of methoxy groups -OCH3 is 1. The van der Waals surface area contributed by atoms with E-state index in [1.165, 1.54) is 12.2 Å². The predicted molar refractivity (Wildman–Crippen MR) is 85.9 cm³/mol. The van der Waals surface area contributed by atoms with Crippen LogP contribution in [0.25, 0.3) is 0 Å². The van der Waals surface area contributed by atoms with Crippen LogP contribution in [0.3, 0.4) is 0 Å². The molecule has 0 bridgehead atoms. The van der Waals surface area contributed by atoms with Crippen molar-refractivity contribution in [3.8, 4) is 5.75 Å². The van der Waals surface area contributed by atoms with Crippen molar-refractivity contribution in [3.63, 3.8) is 0 Å². The first-order valence-electron chi connectivity index (χ1n) is 7.07. The van der Waals surface area contributed by atoms with Gasteiger partial charge in [-0.15, -0.1) is 0 Å². The minimum Gasteiger partial charge on any atom is -0.495 e. The van der Waals surface area contributed by atoms with Crippen molar-refractivity contribution in [3.05, 3.63) is 29.8 Å². The number of nitrogens with one attached hydrogen (secondary N) is 1. The van der Waals surface area contributed by atoms with Crippen LogP contribution in [0.5, 0.6) is 5.75 Å². The number of hydroxylamine groups is 2. The zero-order chi connectivity index (χ0) is 16.7. The van der Waals surface area contributed by atoms with E-state index in [9.17, 15) is 10.0 Å². The van der Waals surface area contributed by atoms with Crippen LogP contribution >= 0.6 is 0 Å². The summed E-state index contributed by atoms with van der Waals surface area (Å²) in [5, 5.41) is 14.2. The highest BCUT2D eigenvalue weighted by Crippen LogP contribution is 2.38. The van der Waals surface area contributed by atoms with Crippen LogP contribution in [-0.4, -0.2) is 34.4 Å². The summed E-state index contributed by atoms with van der Waals surface area (Å²) in [6, 6.07) is 5.06. The van der Waals surface area contributed by atoms with Crippen molar-refractivity contribution in [1.29, 1.82) is 0 Å². The lowest BCUT2D eigenvalue weighted by atomic mass is 9.96. The Morgan fingerprint density at radius 1 is 1.32 bits per heavy atom. The van der Waals surface area contributed by atoms with Crippen LogP contribution in [0.15, 0.2) is 29.8 Å². The number of carbonyl (C=O) groups excluding carboxylic acids is 1. The summed E-state index contributed by atoms with van der Waals surface area (Å²) in [5.41, 5.74) is 6.00. The van der Waals surface area contributed by atoms with E-state index in [2.05, 4.69) is 5.32 Å². The third kappa shape index (κ3) is 2.67. The Bertz CT molecular complexity index is 636. The summed E-state index contributed by atoms with van der Waals surface area (Å²) in [7, 11) is 1.54. The molecule has 0 unspecified atom stereocenters. The van der Waals surface area contributed by atoms with Gasteiger partial charge < -0.3 is 21.0 Å². The van der Waals surface area contributed by atoms with Crippen LogP contribution in [0.1, 0.15) is 27.7 Å². The number of ether oxygens (including phenoxy) is 1. The van der Waals surface area contributed by atoms with Gasteiger partial charge >= 0.3 is 0 Å². The van der Waals surface area contributed by atoms with Gasteiger partial charge in [-0.2, -0.15) is 5.06 Å². The molecule has 120 valence electrons. The molecule has 4 N–H and O–H groups in total. The Morgan fingerprint density at radius 2 is 1.95 bits per heavy atom. The molecule has 22 heavy (non-hydrogen) atoms. The number of carbonyl (C=O) groups is 1. The van der Waals surface area contributed by atoms with E-state index in [1.54, 1.807) is 38.1 Å². The first kappa shape index (κ1) is 16.3. The Morgan fingerprint density at radius 3 is 2.41 bits per heavy atom.